The summed E-state index contributed by atoms with van der Waals surface area (Å²) < 4.78 is 0. The third-order valence-electron chi connectivity index (χ3n) is 2.67. The number of carbonyl (C=O) groups excluding carboxylic acids is 1. The Bertz CT molecular complexity index is 374. The summed E-state index contributed by atoms with van der Waals surface area (Å²) in [5, 5.41) is 6.18. The summed E-state index contributed by atoms with van der Waals surface area (Å²) in [5.41, 5.74) is 2.96. The second kappa shape index (κ2) is 6.94. The summed E-state index contributed by atoms with van der Waals surface area (Å²) in [7, 11) is 0. The highest BCUT2D eigenvalue weighted by Crippen LogP contribution is 2.16. The number of benzene rings is 1. The third kappa shape index (κ3) is 4.10. The van der Waals surface area contributed by atoms with Crippen LogP contribution in [0, 0.1) is 6.92 Å². The fraction of sp³-hybridized carbons (Fsp3) is 0.500. The van der Waals surface area contributed by atoms with E-state index in [0.717, 1.165) is 29.8 Å². The quantitative estimate of drug-likeness (QED) is 0.743. The molecule has 0 unspecified atom stereocenters. The van der Waals surface area contributed by atoms with E-state index in [1.54, 1.807) is 0 Å². The van der Waals surface area contributed by atoms with Gasteiger partial charge in [0.1, 0.15) is 0 Å². The molecule has 0 aliphatic carbocycles. The van der Waals surface area contributed by atoms with Crippen LogP contribution < -0.4 is 10.6 Å². The Kier molecular flexibility index (Phi) is 5.53. The third-order valence-corrected chi connectivity index (χ3v) is 2.67. The Hall–Kier alpha value is -1.51. The van der Waals surface area contributed by atoms with Gasteiger partial charge in [-0.05, 0) is 44.0 Å². The maximum atomic E-state index is 11.6. The second-order valence-electron chi connectivity index (χ2n) is 4.17. The van der Waals surface area contributed by atoms with E-state index in [1.165, 1.54) is 6.42 Å². The standard InChI is InChI=1S/C14H22N2O/c1-4-6-9-16-13-8-7-12(10-11(13)3)14(17)15-5-2/h7-8,10,16H,4-6,9H2,1-3H3,(H,15,17). The number of nitrogens with one attached hydrogen (secondary N) is 2. The molecule has 3 nitrogen and oxygen atoms in total. The molecule has 1 aromatic rings. The number of unbranched alkanes of at least 4 members (excludes halogenated alkanes) is 1. The lowest BCUT2D eigenvalue weighted by Gasteiger charge is -2.10. The summed E-state index contributed by atoms with van der Waals surface area (Å²) in [6, 6.07) is 5.78. The van der Waals surface area contributed by atoms with Gasteiger partial charge in [-0.25, -0.2) is 0 Å². The normalized spacial score (nSPS) is 10.1. The molecule has 17 heavy (non-hydrogen) atoms. The van der Waals surface area contributed by atoms with Crippen LogP contribution in [-0.2, 0) is 0 Å². The van der Waals surface area contributed by atoms with Crippen molar-refractivity contribution in [2.75, 3.05) is 18.4 Å². The summed E-state index contributed by atoms with van der Waals surface area (Å²) in [6.45, 7) is 7.77. The van der Waals surface area contributed by atoms with Crippen LogP contribution in [0.15, 0.2) is 18.2 Å². The number of amides is 1. The summed E-state index contributed by atoms with van der Waals surface area (Å²) in [4.78, 5) is 11.6. The van der Waals surface area contributed by atoms with Crippen molar-refractivity contribution in [2.24, 2.45) is 0 Å². The van der Waals surface area contributed by atoms with Gasteiger partial charge in [0.2, 0.25) is 0 Å². The molecule has 0 saturated heterocycles. The summed E-state index contributed by atoms with van der Waals surface area (Å²) in [6.07, 6.45) is 2.35. The lowest BCUT2D eigenvalue weighted by atomic mass is 10.1. The molecular formula is C14H22N2O. The van der Waals surface area contributed by atoms with E-state index in [-0.39, 0.29) is 5.91 Å². The molecule has 0 atom stereocenters. The Morgan fingerprint density at radius 3 is 2.65 bits per heavy atom. The number of hydrogen-bond donors (Lipinski definition) is 2. The largest absolute Gasteiger partial charge is 0.385 e. The van der Waals surface area contributed by atoms with E-state index in [0.29, 0.717) is 6.54 Å². The molecule has 0 radical (unpaired) electrons. The number of hydrogen-bond acceptors (Lipinski definition) is 2. The van der Waals surface area contributed by atoms with Crippen molar-refractivity contribution in [3.63, 3.8) is 0 Å². The van der Waals surface area contributed by atoms with Crippen LogP contribution in [0.3, 0.4) is 0 Å². The second-order valence-corrected chi connectivity index (χ2v) is 4.17. The Morgan fingerprint density at radius 1 is 1.29 bits per heavy atom. The topological polar surface area (TPSA) is 41.1 Å². The van der Waals surface area contributed by atoms with Gasteiger partial charge in [0.05, 0.1) is 0 Å². The first-order valence-corrected chi connectivity index (χ1v) is 6.31. The molecule has 0 fully saturated rings. The fourth-order valence-electron chi connectivity index (χ4n) is 1.67. The molecule has 0 aliphatic heterocycles. The van der Waals surface area contributed by atoms with Crippen LogP contribution >= 0.6 is 0 Å². The molecule has 1 rings (SSSR count). The Labute approximate surface area is 104 Å². The molecule has 94 valence electrons. The first-order valence-electron chi connectivity index (χ1n) is 6.31. The van der Waals surface area contributed by atoms with Crippen molar-refractivity contribution in [1.29, 1.82) is 0 Å². The minimum atomic E-state index is -0.00397. The number of anilines is 1. The summed E-state index contributed by atoms with van der Waals surface area (Å²) >= 11 is 0. The molecule has 0 aliphatic rings. The monoisotopic (exact) mass is 234 g/mol. The van der Waals surface area contributed by atoms with Gasteiger partial charge in [0.25, 0.3) is 5.91 Å². The van der Waals surface area contributed by atoms with Crippen LogP contribution in [0.5, 0.6) is 0 Å². The first-order chi connectivity index (χ1) is 8.19. The van der Waals surface area contributed by atoms with Crippen molar-refractivity contribution >= 4 is 11.6 Å². The molecule has 0 spiro atoms. The minimum absolute atomic E-state index is 0.00397. The molecular weight excluding hydrogens is 212 g/mol. The van der Waals surface area contributed by atoms with Gasteiger partial charge in [-0.3, -0.25) is 4.79 Å². The van der Waals surface area contributed by atoms with Crippen molar-refractivity contribution in [3.05, 3.63) is 29.3 Å². The smallest absolute Gasteiger partial charge is 0.251 e. The number of carbonyl (C=O) groups is 1. The maximum absolute atomic E-state index is 11.6. The highest BCUT2D eigenvalue weighted by Gasteiger charge is 2.06. The van der Waals surface area contributed by atoms with Gasteiger partial charge in [-0.2, -0.15) is 0 Å². The molecule has 0 bridgehead atoms. The van der Waals surface area contributed by atoms with E-state index in [1.807, 2.05) is 32.0 Å². The van der Waals surface area contributed by atoms with Crippen LogP contribution in [0.1, 0.15) is 42.6 Å². The average Bonchev–Trinajstić information content (AvgIpc) is 2.31. The molecule has 0 aromatic heterocycles. The zero-order chi connectivity index (χ0) is 12.7. The van der Waals surface area contributed by atoms with Crippen LogP contribution in [-0.4, -0.2) is 19.0 Å². The summed E-state index contributed by atoms with van der Waals surface area (Å²) in [5.74, 6) is -0.00397. The fourth-order valence-corrected chi connectivity index (χ4v) is 1.67. The Balaban J connectivity index is 2.68. The lowest BCUT2D eigenvalue weighted by Crippen LogP contribution is -2.22. The van der Waals surface area contributed by atoms with Crippen molar-refractivity contribution in [3.8, 4) is 0 Å². The minimum Gasteiger partial charge on any atom is -0.385 e. The van der Waals surface area contributed by atoms with Crippen LogP contribution in [0.2, 0.25) is 0 Å². The van der Waals surface area contributed by atoms with E-state index in [4.69, 9.17) is 0 Å². The van der Waals surface area contributed by atoms with Crippen LogP contribution in [0.25, 0.3) is 0 Å². The van der Waals surface area contributed by atoms with Gasteiger partial charge in [0.15, 0.2) is 0 Å². The molecule has 0 saturated carbocycles. The van der Waals surface area contributed by atoms with Gasteiger partial charge in [-0.1, -0.05) is 13.3 Å². The first kappa shape index (κ1) is 13.6. The predicted octanol–water partition coefficient (Wildman–Crippen LogP) is 2.96. The van der Waals surface area contributed by atoms with E-state index < -0.39 is 0 Å². The number of aryl methyl sites for hydroxylation is 1. The predicted molar refractivity (Wildman–Crippen MR) is 72.6 cm³/mol. The van der Waals surface area contributed by atoms with Crippen molar-refractivity contribution < 1.29 is 4.79 Å². The van der Waals surface area contributed by atoms with Gasteiger partial charge >= 0.3 is 0 Å². The molecule has 3 heteroatoms. The lowest BCUT2D eigenvalue weighted by molar-refractivity contribution is 0.0956. The maximum Gasteiger partial charge on any atom is 0.251 e. The van der Waals surface area contributed by atoms with Gasteiger partial charge in [0, 0.05) is 24.3 Å². The SMILES string of the molecule is CCCCNc1ccc(C(=O)NCC)cc1C. The Morgan fingerprint density at radius 2 is 2.06 bits per heavy atom. The van der Waals surface area contributed by atoms with E-state index in [9.17, 15) is 4.79 Å². The van der Waals surface area contributed by atoms with Gasteiger partial charge in [-0.15, -0.1) is 0 Å². The number of rotatable bonds is 6. The average molecular weight is 234 g/mol. The molecule has 1 aromatic carbocycles. The van der Waals surface area contributed by atoms with Gasteiger partial charge < -0.3 is 10.6 Å². The van der Waals surface area contributed by atoms with Crippen molar-refractivity contribution in [1.82, 2.24) is 5.32 Å². The van der Waals surface area contributed by atoms with E-state index >= 15 is 0 Å². The highest BCUT2D eigenvalue weighted by molar-refractivity contribution is 5.94. The highest BCUT2D eigenvalue weighted by atomic mass is 16.1. The molecule has 2 N–H and O–H groups in total. The molecule has 1 amide bonds. The van der Waals surface area contributed by atoms with E-state index in [2.05, 4.69) is 17.6 Å². The van der Waals surface area contributed by atoms with Crippen LogP contribution in [0.4, 0.5) is 5.69 Å². The molecule has 0 heterocycles. The van der Waals surface area contributed by atoms with Crippen molar-refractivity contribution in [2.45, 2.75) is 33.6 Å². The zero-order valence-corrected chi connectivity index (χ0v) is 11.0. The zero-order valence-electron chi connectivity index (χ0n) is 11.0.